The van der Waals surface area contributed by atoms with Crippen LogP contribution >= 0.6 is 0 Å². The molecule has 58 valence electrons. The molecule has 2 rings (SSSR count). The number of fused-ring (bicyclic) bond motifs is 1. The van der Waals surface area contributed by atoms with E-state index >= 15 is 0 Å². The molecule has 11 heavy (non-hydrogen) atoms. The first-order chi connectivity index (χ1) is 5.29. The molecule has 0 bridgehead atoms. The molecule has 1 aromatic rings. The Balaban J connectivity index is 2.58. The maximum atomic E-state index is 5.62. The van der Waals surface area contributed by atoms with Gasteiger partial charge in [-0.05, 0) is 12.1 Å². The fourth-order valence-corrected chi connectivity index (χ4v) is 1.09. The quantitative estimate of drug-likeness (QED) is 0.420. The van der Waals surface area contributed by atoms with Gasteiger partial charge in [0.15, 0.2) is 12.0 Å². The number of hydrogen-bond acceptors (Lipinski definition) is 4. The van der Waals surface area contributed by atoms with Gasteiger partial charge in [-0.1, -0.05) is 6.07 Å². The molecule has 1 unspecified atom stereocenters. The zero-order chi connectivity index (χ0) is 7.84. The SMILES string of the molecule is Nc1cccc2c1C(N)OO2. The second-order valence-electron chi connectivity index (χ2n) is 2.36. The molecule has 0 aliphatic carbocycles. The van der Waals surface area contributed by atoms with E-state index in [9.17, 15) is 0 Å². The van der Waals surface area contributed by atoms with Crippen molar-refractivity contribution in [2.45, 2.75) is 6.23 Å². The van der Waals surface area contributed by atoms with Crippen LogP contribution in [0.4, 0.5) is 5.69 Å². The highest BCUT2D eigenvalue weighted by Crippen LogP contribution is 2.35. The van der Waals surface area contributed by atoms with E-state index in [1.807, 2.05) is 0 Å². The second-order valence-corrected chi connectivity index (χ2v) is 2.36. The summed E-state index contributed by atoms with van der Waals surface area (Å²) in [6.45, 7) is 0. The molecule has 1 aliphatic heterocycles. The van der Waals surface area contributed by atoms with Crippen LogP contribution in [0.15, 0.2) is 18.2 Å². The smallest absolute Gasteiger partial charge is 0.184 e. The van der Waals surface area contributed by atoms with Crippen molar-refractivity contribution >= 4 is 5.69 Å². The van der Waals surface area contributed by atoms with Crippen molar-refractivity contribution in [3.05, 3.63) is 23.8 Å². The van der Waals surface area contributed by atoms with E-state index in [1.165, 1.54) is 0 Å². The molecule has 4 heteroatoms. The third kappa shape index (κ3) is 0.840. The topological polar surface area (TPSA) is 70.5 Å². The Labute approximate surface area is 63.6 Å². The highest BCUT2D eigenvalue weighted by Gasteiger charge is 2.24. The Hall–Kier alpha value is -1.26. The van der Waals surface area contributed by atoms with Crippen LogP contribution in [0.3, 0.4) is 0 Å². The molecule has 1 aromatic carbocycles. The standard InChI is InChI=1S/C7H8N2O2/c8-4-2-1-3-5-6(4)7(9)11-10-5/h1-3,7H,8-9H2. The van der Waals surface area contributed by atoms with Gasteiger partial charge in [0.2, 0.25) is 0 Å². The molecule has 0 radical (unpaired) electrons. The Morgan fingerprint density at radius 2 is 2.18 bits per heavy atom. The van der Waals surface area contributed by atoms with Gasteiger partial charge in [0.05, 0.1) is 5.56 Å². The van der Waals surface area contributed by atoms with E-state index in [1.54, 1.807) is 18.2 Å². The number of hydrogen-bond donors (Lipinski definition) is 2. The van der Waals surface area contributed by atoms with Crippen molar-refractivity contribution in [1.29, 1.82) is 0 Å². The van der Waals surface area contributed by atoms with E-state index in [0.29, 0.717) is 11.4 Å². The molecule has 0 saturated heterocycles. The lowest BCUT2D eigenvalue weighted by Crippen LogP contribution is -2.10. The summed E-state index contributed by atoms with van der Waals surface area (Å²) in [5.74, 6) is 0.609. The first-order valence-electron chi connectivity index (χ1n) is 3.26. The summed E-state index contributed by atoms with van der Waals surface area (Å²) in [4.78, 5) is 9.49. The van der Waals surface area contributed by atoms with Crippen LogP contribution < -0.4 is 16.4 Å². The largest absolute Gasteiger partial charge is 0.398 e. The fourth-order valence-electron chi connectivity index (χ4n) is 1.09. The Bertz CT molecular complexity index is 288. The van der Waals surface area contributed by atoms with E-state index in [0.717, 1.165) is 5.56 Å². The first-order valence-corrected chi connectivity index (χ1v) is 3.26. The normalized spacial score (nSPS) is 21.0. The summed E-state index contributed by atoms with van der Waals surface area (Å²) in [7, 11) is 0. The summed E-state index contributed by atoms with van der Waals surface area (Å²) in [5, 5.41) is 0. The summed E-state index contributed by atoms with van der Waals surface area (Å²) in [6.07, 6.45) is -0.550. The lowest BCUT2D eigenvalue weighted by atomic mass is 10.1. The molecule has 1 heterocycles. The average molecular weight is 152 g/mol. The van der Waals surface area contributed by atoms with Crippen molar-refractivity contribution in [3.63, 3.8) is 0 Å². The van der Waals surface area contributed by atoms with Gasteiger partial charge in [-0.3, -0.25) is 5.73 Å². The molecule has 1 atom stereocenters. The van der Waals surface area contributed by atoms with E-state index in [-0.39, 0.29) is 0 Å². The van der Waals surface area contributed by atoms with Crippen LogP contribution in [0, 0.1) is 0 Å². The minimum Gasteiger partial charge on any atom is -0.398 e. The van der Waals surface area contributed by atoms with E-state index in [4.69, 9.17) is 21.2 Å². The van der Waals surface area contributed by atoms with Gasteiger partial charge < -0.3 is 10.6 Å². The van der Waals surface area contributed by atoms with E-state index in [2.05, 4.69) is 0 Å². The third-order valence-corrected chi connectivity index (χ3v) is 1.63. The predicted octanol–water partition coefficient (Wildman–Crippen LogP) is 0.550. The van der Waals surface area contributed by atoms with Crippen molar-refractivity contribution < 1.29 is 9.78 Å². The number of nitrogens with two attached hydrogens (primary N) is 2. The molecule has 0 aromatic heterocycles. The monoisotopic (exact) mass is 152 g/mol. The van der Waals surface area contributed by atoms with Gasteiger partial charge in [-0.2, -0.15) is 4.89 Å². The van der Waals surface area contributed by atoms with Crippen molar-refractivity contribution in [1.82, 2.24) is 0 Å². The highest BCUT2D eigenvalue weighted by molar-refractivity contribution is 5.55. The van der Waals surface area contributed by atoms with Crippen LogP contribution in [0.2, 0.25) is 0 Å². The van der Waals surface area contributed by atoms with Gasteiger partial charge in [-0.25, -0.2) is 0 Å². The molecule has 4 nitrogen and oxygen atoms in total. The van der Waals surface area contributed by atoms with Crippen LogP contribution in [-0.2, 0) is 4.89 Å². The Morgan fingerprint density at radius 1 is 1.36 bits per heavy atom. The highest BCUT2D eigenvalue weighted by atomic mass is 17.2. The molecular formula is C7H8N2O2. The van der Waals surface area contributed by atoms with Crippen LogP contribution in [0.1, 0.15) is 11.8 Å². The van der Waals surface area contributed by atoms with Crippen LogP contribution in [0.25, 0.3) is 0 Å². The number of anilines is 1. The number of nitrogen functional groups attached to an aromatic ring is 1. The molecule has 1 aliphatic rings. The fraction of sp³-hybridized carbons (Fsp3) is 0.143. The van der Waals surface area contributed by atoms with Crippen LogP contribution in [0.5, 0.6) is 5.75 Å². The van der Waals surface area contributed by atoms with Crippen molar-refractivity contribution in [2.24, 2.45) is 5.73 Å². The zero-order valence-corrected chi connectivity index (χ0v) is 5.78. The molecular weight excluding hydrogens is 144 g/mol. The minimum absolute atomic E-state index is 0.550. The third-order valence-electron chi connectivity index (χ3n) is 1.63. The Morgan fingerprint density at radius 3 is 2.91 bits per heavy atom. The second kappa shape index (κ2) is 2.11. The summed E-state index contributed by atoms with van der Waals surface area (Å²) in [5.41, 5.74) is 12.5. The molecule has 0 fully saturated rings. The summed E-state index contributed by atoms with van der Waals surface area (Å²) < 4.78 is 0. The molecule has 4 N–H and O–H groups in total. The average Bonchev–Trinajstić information content (AvgIpc) is 2.34. The minimum atomic E-state index is -0.550. The van der Waals surface area contributed by atoms with Gasteiger partial charge in [0, 0.05) is 5.69 Å². The van der Waals surface area contributed by atoms with Crippen LogP contribution in [-0.4, -0.2) is 0 Å². The number of benzene rings is 1. The van der Waals surface area contributed by atoms with Gasteiger partial charge in [0.25, 0.3) is 0 Å². The lowest BCUT2D eigenvalue weighted by molar-refractivity contribution is -0.222. The molecule has 0 saturated carbocycles. The van der Waals surface area contributed by atoms with Crippen molar-refractivity contribution in [3.8, 4) is 5.75 Å². The van der Waals surface area contributed by atoms with E-state index < -0.39 is 6.23 Å². The zero-order valence-electron chi connectivity index (χ0n) is 5.78. The maximum Gasteiger partial charge on any atom is 0.184 e. The number of rotatable bonds is 0. The van der Waals surface area contributed by atoms with Crippen molar-refractivity contribution in [2.75, 3.05) is 5.73 Å². The van der Waals surface area contributed by atoms with Gasteiger partial charge in [0.1, 0.15) is 0 Å². The van der Waals surface area contributed by atoms with Gasteiger partial charge in [-0.15, -0.1) is 0 Å². The van der Waals surface area contributed by atoms with Gasteiger partial charge >= 0.3 is 0 Å². The predicted molar refractivity (Wildman–Crippen MR) is 39.5 cm³/mol. The molecule has 0 amide bonds. The lowest BCUT2D eigenvalue weighted by Gasteiger charge is -2.00. The maximum absolute atomic E-state index is 5.62. The first kappa shape index (κ1) is 6.45. The summed E-state index contributed by atoms with van der Waals surface area (Å²) >= 11 is 0. The summed E-state index contributed by atoms with van der Waals surface area (Å²) in [6, 6.07) is 5.31. The Kier molecular flexibility index (Phi) is 1.24. The molecule has 0 spiro atoms.